The molecule has 4 nitrogen and oxygen atoms in total. The Labute approximate surface area is 75.7 Å². The maximum atomic E-state index is 11.2. The molecule has 3 N–H and O–H groups in total. The number of aldehydes is 1. The largest absolute Gasteiger partial charge is 0.399 e. The predicted molar refractivity (Wildman–Crippen MR) is 49.3 cm³/mol. The molecule has 1 amide bonds. The number of carbonyl (C=O) groups excluding carboxylic acids is 2. The summed E-state index contributed by atoms with van der Waals surface area (Å²) in [7, 11) is 0. The molecule has 1 rings (SSSR count). The van der Waals surface area contributed by atoms with Gasteiger partial charge in [0.15, 0.2) is 0 Å². The fraction of sp³-hybridized carbons (Fsp3) is 0.111. The van der Waals surface area contributed by atoms with Gasteiger partial charge in [-0.2, -0.15) is 0 Å². The van der Waals surface area contributed by atoms with Crippen LogP contribution in [0.15, 0.2) is 24.3 Å². The van der Waals surface area contributed by atoms with Crippen LogP contribution in [0.1, 0.15) is 10.4 Å². The van der Waals surface area contributed by atoms with E-state index in [2.05, 4.69) is 5.32 Å². The minimum atomic E-state index is -0.292. The molecular weight excluding hydrogens is 168 g/mol. The molecule has 0 spiro atoms. The highest BCUT2D eigenvalue weighted by atomic mass is 16.2. The van der Waals surface area contributed by atoms with Gasteiger partial charge in [0.1, 0.15) is 6.29 Å². The minimum absolute atomic E-state index is 0.0215. The smallest absolute Gasteiger partial charge is 0.251 e. The maximum Gasteiger partial charge on any atom is 0.251 e. The number of rotatable bonds is 3. The lowest BCUT2D eigenvalue weighted by molar-refractivity contribution is -0.107. The van der Waals surface area contributed by atoms with Crippen molar-refractivity contribution in [1.29, 1.82) is 0 Å². The first-order valence-corrected chi connectivity index (χ1v) is 3.81. The van der Waals surface area contributed by atoms with Crippen LogP contribution >= 0.6 is 0 Å². The SMILES string of the molecule is Nc1cccc(C(=O)NCC=O)c1. The third-order valence-electron chi connectivity index (χ3n) is 1.49. The highest BCUT2D eigenvalue weighted by Crippen LogP contribution is 2.05. The summed E-state index contributed by atoms with van der Waals surface area (Å²) in [5.41, 5.74) is 6.46. The molecule has 1 aromatic carbocycles. The number of carbonyl (C=O) groups is 2. The Hall–Kier alpha value is -1.84. The van der Waals surface area contributed by atoms with E-state index in [1.165, 1.54) is 0 Å². The van der Waals surface area contributed by atoms with Gasteiger partial charge in [-0.15, -0.1) is 0 Å². The summed E-state index contributed by atoms with van der Waals surface area (Å²) in [5.74, 6) is -0.292. The molecule has 0 unspecified atom stereocenters. The van der Waals surface area contributed by atoms with Gasteiger partial charge in [-0.25, -0.2) is 0 Å². The molecule has 0 fully saturated rings. The van der Waals surface area contributed by atoms with E-state index in [9.17, 15) is 9.59 Å². The van der Waals surface area contributed by atoms with Crippen LogP contribution in [0.4, 0.5) is 5.69 Å². The minimum Gasteiger partial charge on any atom is -0.399 e. The second kappa shape index (κ2) is 4.25. The number of nitrogens with one attached hydrogen (secondary N) is 1. The van der Waals surface area contributed by atoms with Crippen LogP contribution in [0.5, 0.6) is 0 Å². The first-order valence-electron chi connectivity index (χ1n) is 3.81. The van der Waals surface area contributed by atoms with E-state index in [4.69, 9.17) is 5.73 Å². The zero-order valence-corrected chi connectivity index (χ0v) is 6.99. The number of hydrogen-bond donors (Lipinski definition) is 2. The van der Waals surface area contributed by atoms with Crippen molar-refractivity contribution in [2.24, 2.45) is 0 Å². The van der Waals surface area contributed by atoms with Gasteiger partial charge in [-0.05, 0) is 18.2 Å². The Balaban J connectivity index is 2.71. The molecule has 4 heteroatoms. The zero-order valence-electron chi connectivity index (χ0n) is 6.99. The lowest BCUT2D eigenvalue weighted by atomic mass is 10.2. The van der Waals surface area contributed by atoms with Crippen molar-refractivity contribution in [3.8, 4) is 0 Å². The number of nitrogens with two attached hydrogens (primary N) is 1. The second-order valence-electron chi connectivity index (χ2n) is 2.50. The van der Waals surface area contributed by atoms with Crippen molar-refractivity contribution >= 4 is 17.9 Å². The topological polar surface area (TPSA) is 72.2 Å². The Bertz CT molecular complexity index is 323. The van der Waals surface area contributed by atoms with Crippen LogP contribution in [0.2, 0.25) is 0 Å². The summed E-state index contributed by atoms with van der Waals surface area (Å²) in [4.78, 5) is 21.2. The molecular formula is C9H10N2O2. The fourth-order valence-electron chi connectivity index (χ4n) is 0.916. The monoisotopic (exact) mass is 178 g/mol. The Morgan fingerprint density at radius 1 is 1.54 bits per heavy atom. The molecule has 0 aromatic heterocycles. The van der Waals surface area contributed by atoms with Crippen LogP contribution in [0.3, 0.4) is 0 Å². The van der Waals surface area contributed by atoms with Gasteiger partial charge in [0, 0.05) is 11.3 Å². The Kier molecular flexibility index (Phi) is 3.03. The summed E-state index contributed by atoms with van der Waals surface area (Å²) in [6.45, 7) is 0.0215. The van der Waals surface area contributed by atoms with E-state index in [1.807, 2.05) is 0 Å². The first-order chi connectivity index (χ1) is 6.24. The van der Waals surface area contributed by atoms with Gasteiger partial charge in [0.25, 0.3) is 5.91 Å². The van der Waals surface area contributed by atoms with Crippen LogP contribution in [-0.2, 0) is 4.79 Å². The van der Waals surface area contributed by atoms with E-state index in [1.54, 1.807) is 24.3 Å². The fourth-order valence-corrected chi connectivity index (χ4v) is 0.916. The van der Waals surface area contributed by atoms with Crippen LogP contribution in [-0.4, -0.2) is 18.7 Å². The van der Waals surface area contributed by atoms with Crippen LogP contribution < -0.4 is 11.1 Å². The molecule has 0 bridgehead atoms. The maximum absolute atomic E-state index is 11.2. The lowest BCUT2D eigenvalue weighted by Gasteiger charge is -2.01. The quantitative estimate of drug-likeness (QED) is 0.513. The van der Waals surface area contributed by atoms with Gasteiger partial charge in [-0.1, -0.05) is 6.07 Å². The third kappa shape index (κ3) is 2.59. The van der Waals surface area contributed by atoms with E-state index in [0.29, 0.717) is 17.5 Å². The van der Waals surface area contributed by atoms with Crippen molar-refractivity contribution in [1.82, 2.24) is 5.32 Å². The van der Waals surface area contributed by atoms with Crippen molar-refractivity contribution < 1.29 is 9.59 Å². The van der Waals surface area contributed by atoms with Crippen LogP contribution in [0, 0.1) is 0 Å². The summed E-state index contributed by atoms with van der Waals surface area (Å²) in [6, 6.07) is 6.57. The highest BCUT2D eigenvalue weighted by molar-refractivity contribution is 5.95. The molecule has 0 heterocycles. The van der Waals surface area contributed by atoms with Gasteiger partial charge >= 0.3 is 0 Å². The van der Waals surface area contributed by atoms with E-state index < -0.39 is 0 Å². The van der Waals surface area contributed by atoms with Crippen LogP contribution in [0.25, 0.3) is 0 Å². The van der Waals surface area contributed by atoms with E-state index in [0.717, 1.165) is 0 Å². The van der Waals surface area contributed by atoms with Crippen molar-refractivity contribution in [2.45, 2.75) is 0 Å². The van der Waals surface area contributed by atoms with Crippen molar-refractivity contribution in [2.75, 3.05) is 12.3 Å². The molecule has 68 valence electrons. The number of hydrogen-bond acceptors (Lipinski definition) is 3. The Morgan fingerprint density at radius 3 is 2.92 bits per heavy atom. The molecule has 0 radical (unpaired) electrons. The molecule has 13 heavy (non-hydrogen) atoms. The van der Waals surface area contributed by atoms with E-state index >= 15 is 0 Å². The average molecular weight is 178 g/mol. The standard InChI is InChI=1S/C9H10N2O2/c10-8-3-1-2-7(6-8)9(13)11-4-5-12/h1-3,5-6H,4,10H2,(H,11,13). The third-order valence-corrected chi connectivity index (χ3v) is 1.49. The second-order valence-corrected chi connectivity index (χ2v) is 2.50. The number of amides is 1. The number of benzene rings is 1. The van der Waals surface area contributed by atoms with Crippen molar-refractivity contribution in [3.63, 3.8) is 0 Å². The molecule has 0 saturated heterocycles. The summed E-state index contributed by atoms with van der Waals surface area (Å²) >= 11 is 0. The lowest BCUT2D eigenvalue weighted by Crippen LogP contribution is -2.25. The number of nitrogen functional groups attached to an aromatic ring is 1. The molecule has 1 aromatic rings. The molecule has 0 aliphatic rings. The Morgan fingerprint density at radius 2 is 2.31 bits per heavy atom. The van der Waals surface area contributed by atoms with Gasteiger partial charge in [0.2, 0.25) is 0 Å². The van der Waals surface area contributed by atoms with Gasteiger partial charge in [0.05, 0.1) is 6.54 Å². The summed E-state index contributed by atoms with van der Waals surface area (Å²) in [5, 5.41) is 2.41. The summed E-state index contributed by atoms with van der Waals surface area (Å²) < 4.78 is 0. The van der Waals surface area contributed by atoms with E-state index in [-0.39, 0.29) is 12.5 Å². The average Bonchev–Trinajstić information content (AvgIpc) is 2.14. The van der Waals surface area contributed by atoms with Gasteiger partial charge < -0.3 is 15.8 Å². The predicted octanol–water partition coefficient (Wildman–Crippen LogP) is 0.197. The highest BCUT2D eigenvalue weighted by Gasteiger charge is 2.03. The molecule has 0 aliphatic carbocycles. The van der Waals surface area contributed by atoms with Crippen molar-refractivity contribution in [3.05, 3.63) is 29.8 Å². The number of anilines is 1. The molecule has 0 saturated carbocycles. The normalized spacial score (nSPS) is 9.23. The molecule has 0 atom stereocenters. The zero-order chi connectivity index (χ0) is 9.68. The summed E-state index contributed by atoms with van der Waals surface area (Å²) in [6.07, 6.45) is 0.629. The first kappa shape index (κ1) is 9.25. The molecule has 0 aliphatic heterocycles. The van der Waals surface area contributed by atoms with Gasteiger partial charge in [-0.3, -0.25) is 4.79 Å².